The van der Waals surface area contributed by atoms with Crippen LogP contribution in [0.1, 0.15) is 23.6 Å². The second-order valence-electron chi connectivity index (χ2n) is 4.26. The van der Waals surface area contributed by atoms with Crippen molar-refractivity contribution in [2.24, 2.45) is 0 Å². The van der Waals surface area contributed by atoms with Gasteiger partial charge in [-0.15, -0.1) is 0 Å². The Morgan fingerprint density at radius 2 is 1.67 bits per heavy atom. The van der Waals surface area contributed by atoms with E-state index in [9.17, 15) is 0 Å². The Hall–Kier alpha value is -2.08. The number of aryl methyl sites for hydroxylation is 1. The fourth-order valence-electron chi connectivity index (χ4n) is 1.52. The van der Waals surface area contributed by atoms with E-state index in [2.05, 4.69) is 44.3 Å². The molecule has 0 N–H and O–H groups in total. The Kier molecular flexibility index (Phi) is 5.66. The van der Waals surface area contributed by atoms with E-state index in [1.807, 2.05) is 43.3 Å². The van der Waals surface area contributed by atoms with Gasteiger partial charge in [-0.1, -0.05) is 85.0 Å². The van der Waals surface area contributed by atoms with E-state index in [0.717, 1.165) is 5.57 Å². The van der Waals surface area contributed by atoms with Gasteiger partial charge in [0.15, 0.2) is 0 Å². The van der Waals surface area contributed by atoms with E-state index in [4.69, 9.17) is 0 Å². The summed E-state index contributed by atoms with van der Waals surface area (Å²) >= 11 is 0. The molecule has 2 aromatic rings. The van der Waals surface area contributed by atoms with Crippen molar-refractivity contribution in [3.8, 4) is 0 Å². The molecule has 0 bridgehead atoms. The second kappa shape index (κ2) is 7.29. The van der Waals surface area contributed by atoms with Crippen molar-refractivity contribution in [2.45, 2.75) is 13.8 Å². The molecule has 0 aromatic heterocycles. The first kappa shape index (κ1) is 14.0. The highest BCUT2D eigenvalue weighted by molar-refractivity contribution is 5.60. The zero-order valence-corrected chi connectivity index (χ0v) is 11.2. The number of hydrogen-bond donors (Lipinski definition) is 0. The maximum atomic E-state index is 3.83. The minimum Gasteiger partial charge on any atom is -0.0985 e. The summed E-state index contributed by atoms with van der Waals surface area (Å²) in [5, 5.41) is 0. The van der Waals surface area contributed by atoms with Gasteiger partial charge >= 0.3 is 0 Å². The van der Waals surface area contributed by atoms with Crippen molar-refractivity contribution >= 4 is 11.6 Å². The van der Waals surface area contributed by atoms with Crippen molar-refractivity contribution in [1.29, 1.82) is 0 Å². The molecule has 0 heterocycles. The third-order valence-corrected chi connectivity index (χ3v) is 2.54. The molecular weight excluding hydrogens is 216 g/mol. The molecule has 92 valence electrons. The van der Waals surface area contributed by atoms with Crippen LogP contribution in [0.15, 0.2) is 67.8 Å². The average molecular weight is 236 g/mol. The highest BCUT2D eigenvalue weighted by Crippen LogP contribution is 2.08. The molecular formula is C18H20. The lowest BCUT2D eigenvalue weighted by molar-refractivity contribution is 1.46. The van der Waals surface area contributed by atoms with Crippen molar-refractivity contribution in [2.75, 3.05) is 0 Å². The van der Waals surface area contributed by atoms with Crippen LogP contribution < -0.4 is 0 Å². The number of allylic oxidation sites excluding steroid dienone is 1. The molecule has 0 aliphatic heterocycles. The molecule has 0 radical (unpaired) electrons. The molecule has 0 heteroatoms. The Balaban J connectivity index is 0.000000180. The SMILES string of the molecule is C=C(C)c1ccccc1.C=Cc1cccc(C)c1. The van der Waals surface area contributed by atoms with Gasteiger partial charge in [0.25, 0.3) is 0 Å². The van der Waals surface area contributed by atoms with Crippen LogP contribution in [0, 0.1) is 6.92 Å². The molecule has 0 saturated heterocycles. The summed E-state index contributed by atoms with van der Waals surface area (Å²) in [6.07, 6.45) is 1.85. The quantitative estimate of drug-likeness (QED) is 0.658. The average Bonchev–Trinajstić information content (AvgIpc) is 2.40. The lowest BCUT2D eigenvalue weighted by atomic mass is 10.1. The summed E-state index contributed by atoms with van der Waals surface area (Å²) in [6.45, 7) is 11.6. The minimum atomic E-state index is 1.12. The Morgan fingerprint density at radius 3 is 2.06 bits per heavy atom. The molecule has 0 unspecified atom stereocenters. The van der Waals surface area contributed by atoms with Crippen LogP contribution in [0.4, 0.5) is 0 Å². The predicted molar refractivity (Wildman–Crippen MR) is 82.4 cm³/mol. The van der Waals surface area contributed by atoms with Gasteiger partial charge in [-0.05, 0) is 25.0 Å². The van der Waals surface area contributed by atoms with Crippen LogP contribution in [-0.4, -0.2) is 0 Å². The van der Waals surface area contributed by atoms with E-state index in [0.29, 0.717) is 0 Å². The standard InChI is InChI=1S/2C9H10/c1-8(2)9-6-4-3-5-7-9;1-3-9-6-4-5-8(2)7-9/h2*3-7H,1H2,2H3. The van der Waals surface area contributed by atoms with E-state index in [1.54, 1.807) is 0 Å². The van der Waals surface area contributed by atoms with Gasteiger partial charge in [0.05, 0.1) is 0 Å². The first-order valence-electron chi connectivity index (χ1n) is 6.03. The number of hydrogen-bond acceptors (Lipinski definition) is 0. The fourth-order valence-corrected chi connectivity index (χ4v) is 1.52. The van der Waals surface area contributed by atoms with Gasteiger partial charge in [-0.2, -0.15) is 0 Å². The largest absolute Gasteiger partial charge is 0.0985 e. The van der Waals surface area contributed by atoms with Gasteiger partial charge in [-0.3, -0.25) is 0 Å². The molecule has 0 aliphatic rings. The zero-order chi connectivity index (χ0) is 13.4. The lowest BCUT2D eigenvalue weighted by Crippen LogP contribution is -1.72. The topological polar surface area (TPSA) is 0 Å². The highest BCUT2D eigenvalue weighted by atomic mass is 13.9. The summed E-state index contributed by atoms with van der Waals surface area (Å²) in [4.78, 5) is 0. The van der Waals surface area contributed by atoms with Crippen LogP contribution in [0.5, 0.6) is 0 Å². The fraction of sp³-hybridized carbons (Fsp3) is 0.111. The van der Waals surface area contributed by atoms with Crippen LogP contribution in [-0.2, 0) is 0 Å². The summed E-state index contributed by atoms with van der Waals surface area (Å²) in [7, 11) is 0. The minimum absolute atomic E-state index is 1.12. The lowest BCUT2D eigenvalue weighted by Gasteiger charge is -1.94. The Morgan fingerprint density at radius 1 is 1.00 bits per heavy atom. The van der Waals surface area contributed by atoms with E-state index in [-0.39, 0.29) is 0 Å². The van der Waals surface area contributed by atoms with Crippen LogP contribution >= 0.6 is 0 Å². The Bertz CT molecular complexity index is 507. The van der Waals surface area contributed by atoms with E-state index in [1.165, 1.54) is 16.7 Å². The molecule has 0 fully saturated rings. The zero-order valence-electron chi connectivity index (χ0n) is 11.2. The van der Waals surface area contributed by atoms with Crippen LogP contribution in [0.25, 0.3) is 11.6 Å². The maximum Gasteiger partial charge on any atom is -0.0233 e. The van der Waals surface area contributed by atoms with E-state index < -0.39 is 0 Å². The first-order chi connectivity index (χ1) is 8.63. The van der Waals surface area contributed by atoms with Crippen molar-refractivity contribution in [1.82, 2.24) is 0 Å². The summed E-state index contributed by atoms with van der Waals surface area (Å²) < 4.78 is 0. The Labute approximate surface area is 110 Å². The molecule has 0 saturated carbocycles. The van der Waals surface area contributed by atoms with Gasteiger partial charge in [0.1, 0.15) is 0 Å². The highest BCUT2D eigenvalue weighted by Gasteiger charge is 1.86. The number of benzene rings is 2. The second-order valence-corrected chi connectivity index (χ2v) is 4.26. The van der Waals surface area contributed by atoms with Crippen molar-refractivity contribution in [3.05, 3.63) is 84.4 Å². The molecule has 2 rings (SSSR count). The molecule has 0 amide bonds. The van der Waals surface area contributed by atoms with Crippen molar-refractivity contribution < 1.29 is 0 Å². The molecule has 18 heavy (non-hydrogen) atoms. The molecule has 0 aliphatic carbocycles. The normalized spacial score (nSPS) is 9.00. The van der Waals surface area contributed by atoms with Crippen LogP contribution in [0.3, 0.4) is 0 Å². The molecule has 0 spiro atoms. The summed E-state index contributed by atoms with van der Waals surface area (Å²) in [5.74, 6) is 0. The van der Waals surface area contributed by atoms with Gasteiger partial charge < -0.3 is 0 Å². The molecule has 2 aromatic carbocycles. The number of rotatable bonds is 2. The van der Waals surface area contributed by atoms with Crippen molar-refractivity contribution in [3.63, 3.8) is 0 Å². The maximum absolute atomic E-state index is 3.83. The van der Waals surface area contributed by atoms with Crippen LogP contribution in [0.2, 0.25) is 0 Å². The monoisotopic (exact) mass is 236 g/mol. The molecule has 0 nitrogen and oxygen atoms in total. The summed E-state index contributed by atoms with van der Waals surface area (Å²) in [6, 6.07) is 18.4. The summed E-state index contributed by atoms with van der Waals surface area (Å²) in [5.41, 5.74) is 4.82. The third-order valence-electron chi connectivity index (χ3n) is 2.54. The van der Waals surface area contributed by atoms with Gasteiger partial charge in [0.2, 0.25) is 0 Å². The van der Waals surface area contributed by atoms with E-state index >= 15 is 0 Å². The smallest absolute Gasteiger partial charge is 0.0233 e. The first-order valence-corrected chi connectivity index (χ1v) is 6.03. The third kappa shape index (κ3) is 4.84. The van der Waals surface area contributed by atoms with Gasteiger partial charge in [0, 0.05) is 0 Å². The molecule has 0 atom stereocenters. The predicted octanol–water partition coefficient (Wildman–Crippen LogP) is 5.36. The van der Waals surface area contributed by atoms with Gasteiger partial charge in [-0.25, -0.2) is 0 Å².